The minimum Gasteiger partial charge on any atom is -0.460 e. The Labute approximate surface area is 181 Å². The van der Waals surface area contributed by atoms with Gasteiger partial charge in [0.1, 0.15) is 10.6 Å². The quantitative estimate of drug-likeness (QED) is 0.717. The first kappa shape index (κ1) is 21.0. The molecule has 30 heavy (non-hydrogen) atoms. The van der Waals surface area contributed by atoms with Crippen LogP contribution in [0.5, 0.6) is 0 Å². The number of rotatable bonds is 5. The Balaban J connectivity index is 1.50. The highest BCUT2D eigenvalue weighted by Gasteiger charge is 2.46. The maximum Gasteiger partial charge on any atom is 0.307 e. The van der Waals surface area contributed by atoms with Gasteiger partial charge in [-0.05, 0) is 44.7 Å². The highest BCUT2D eigenvalue weighted by molar-refractivity contribution is 7.11. The molecule has 0 fully saturated rings. The summed E-state index contributed by atoms with van der Waals surface area (Å²) in [5.41, 5.74) is 2.01. The molecule has 0 saturated carbocycles. The number of carbonyl (C=O) groups excluding carboxylic acids is 2. The Bertz CT molecular complexity index is 912. The van der Waals surface area contributed by atoms with E-state index in [0.717, 1.165) is 41.3 Å². The predicted molar refractivity (Wildman–Crippen MR) is 116 cm³/mol. The summed E-state index contributed by atoms with van der Waals surface area (Å²) in [7, 11) is 0. The number of fused-ring (bicyclic) bond motifs is 2. The molecule has 4 rings (SSSR count). The van der Waals surface area contributed by atoms with E-state index in [9.17, 15) is 9.59 Å². The SMILES string of the molecule is CC(C)(C)OC(=O)CC1(C(=O)NCc2nc3c(s2)CNCC3)Cc2ccccc2C1. The van der Waals surface area contributed by atoms with Crippen LogP contribution in [0.4, 0.5) is 0 Å². The number of ether oxygens (including phenoxy) is 1. The number of hydrogen-bond donors (Lipinski definition) is 2. The molecule has 2 aliphatic rings. The average Bonchev–Trinajstić information content (AvgIpc) is 3.25. The number of thiazole rings is 1. The number of benzene rings is 1. The minimum absolute atomic E-state index is 0.0725. The molecule has 1 aliphatic carbocycles. The fourth-order valence-electron chi connectivity index (χ4n) is 4.31. The fraction of sp³-hybridized carbons (Fsp3) is 0.522. The number of hydrogen-bond acceptors (Lipinski definition) is 6. The maximum atomic E-state index is 13.4. The third-order valence-electron chi connectivity index (χ3n) is 5.61. The molecule has 7 heteroatoms. The van der Waals surface area contributed by atoms with Crippen molar-refractivity contribution in [1.29, 1.82) is 0 Å². The molecular weight excluding hydrogens is 398 g/mol. The number of aromatic nitrogens is 1. The minimum atomic E-state index is -0.815. The summed E-state index contributed by atoms with van der Waals surface area (Å²) in [6.07, 6.45) is 2.10. The zero-order chi connectivity index (χ0) is 21.4. The van der Waals surface area contributed by atoms with Crippen LogP contribution in [0.15, 0.2) is 24.3 Å². The van der Waals surface area contributed by atoms with Gasteiger partial charge in [-0.2, -0.15) is 0 Å². The van der Waals surface area contributed by atoms with Gasteiger partial charge in [-0.1, -0.05) is 24.3 Å². The fourth-order valence-corrected chi connectivity index (χ4v) is 5.34. The maximum absolute atomic E-state index is 13.4. The van der Waals surface area contributed by atoms with Crippen molar-refractivity contribution in [1.82, 2.24) is 15.6 Å². The number of nitrogens with one attached hydrogen (secondary N) is 2. The number of carbonyl (C=O) groups is 2. The van der Waals surface area contributed by atoms with Crippen LogP contribution in [0.1, 0.15) is 53.9 Å². The molecule has 1 aromatic heterocycles. The van der Waals surface area contributed by atoms with Gasteiger partial charge in [0.15, 0.2) is 0 Å². The van der Waals surface area contributed by atoms with E-state index in [2.05, 4.69) is 10.6 Å². The van der Waals surface area contributed by atoms with Crippen LogP contribution in [0, 0.1) is 5.41 Å². The van der Waals surface area contributed by atoms with Crippen molar-refractivity contribution in [2.24, 2.45) is 5.41 Å². The van der Waals surface area contributed by atoms with Crippen LogP contribution < -0.4 is 10.6 Å². The molecule has 2 aromatic rings. The van der Waals surface area contributed by atoms with Gasteiger partial charge < -0.3 is 15.4 Å². The van der Waals surface area contributed by atoms with Gasteiger partial charge >= 0.3 is 5.97 Å². The second-order valence-electron chi connectivity index (χ2n) is 9.25. The first-order valence-electron chi connectivity index (χ1n) is 10.5. The standard InChI is InChI=1S/C23H29N3O3S/c1-22(2,3)29-20(27)12-23(10-15-6-4-5-7-16(15)11-23)21(28)25-14-19-26-17-8-9-24-13-18(17)30-19/h4-7,24H,8-14H2,1-3H3,(H,25,28). The van der Waals surface area contributed by atoms with Crippen molar-refractivity contribution < 1.29 is 14.3 Å². The first-order valence-corrected chi connectivity index (χ1v) is 11.3. The monoisotopic (exact) mass is 427 g/mol. The lowest BCUT2D eigenvalue weighted by atomic mass is 9.80. The molecule has 0 saturated heterocycles. The van der Waals surface area contributed by atoms with Crippen molar-refractivity contribution in [2.45, 2.75) is 65.1 Å². The Morgan fingerprint density at radius 1 is 1.23 bits per heavy atom. The Hall–Kier alpha value is -2.25. The van der Waals surface area contributed by atoms with E-state index in [1.807, 2.05) is 45.0 Å². The van der Waals surface area contributed by atoms with E-state index in [4.69, 9.17) is 9.72 Å². The molecular formula is C23H29N3O3S. The first-order chi connectivity index (χ1) is 14.2. The molecule has 1 amide bonds. The van der Waals surface area contributed by atoms with Crippen LogP contribution in [0.3, 0.4) is 0 Å². The van der Waals surface area contributed by atoms with Crippen LogP contribution in [-0.2, 0) is 46.7 Å². The molecule has 2 N–H and O–H groups in total. The second-order valence-corrected chi connectivity index (χ2v) is 10.4. The zero-order valence-electron chi connectivity index (χ0n) is 17.8. The summed E-state index contributed by atoms with van der Waals surface area (Å²) in [5.74, 6) is -0.433. The lowest BCUT2D eigenvalue weighted by molar-refractivity contribution is -0.160. The van der Waals surface area contributed by atoms with Crippen molar-refractivity contribution in [3.05, 3.63) is 51.0 Å². The molecule has 6 nitrogen and oxygen atoms in total. The number of amides is 1. The van der Waals surface area contributed by atoms with Gasteiger partial charge in [0.05, 0.1) is 24.1 Å². The molecule has 2 heterocycles. The van der Waals surface area contributed by atoms with E-state index in [0.29, 0.717) is 19.4 Å². The van der Waals surface area contributed by atoms with E-state index in [1.165, 1.54) is 4.88 Å². The van der Waals surface area contributed by atoms with Crippen LogP contribution >= 0.6 is 11.3 Å². The summed E-state index contributed by atoms with van der Waals surface area (Å²) in [4.78, 5) is 32.0. The van der Waals surface area contributed by atoms with E-state index >= 15 is 0 Å². The van der Waals surface area contributed by atoms with Crippen LogP contribution in [0.2, 0.25) is 0 Å². The summed E-state index contributed by atoms with van der Waals surface area (Å²) >= 11 is 1.65. The van der Waals surface area contributed by atoms with Gasteiger partial charge in [0.2, 0.25) is 5.91 Å². The van der Waals surface area contributed by atoms with Gasteiger partial charge in [-0.25, -0.2) is 4.98 Å². The Morgan fingerprint density at radius 2 is 1.93 bits per heavy atom. The van der Waals surface area contributed by atoms with Gasteiger partial charge in [-0.15, -0.1) is 11.3 Å². The molecule has 1 aliphatic heterocycles. The molecule has 160 valence electrons. The normalized spacial score (nSPS) is 17.2. The van der Waals surface area contributed by atoms with Crippen molar-refractivity contribution in [3.63, 3.8) is 0 Å². The molecule has 0 spiro atoms. The Morgan fingerprint density at radius 3 is 2.57 bits per heavy atom. The van der Waals surface area contributed by atoms with Crippen molar-refractivity contribution >= 4 is 23.2 Å². The highest BCUT2D eigenvalue weighted by atomic mass is 32.1. The summed E-state index contributed by atoms with van der Waals surface area (Å²) in [6.45, 7) is 7.72. The van der Waals surface area contributed by atoms with E-state index < -0.39 is 11.0 Å². The second kappa shape index (κ2) is 8.12. The van der Waals surface area contributed by atoms with Gasteiger partial charge in [-0.3, -0.25) is 9.59 Å². The lowest BCUT2D eigenvalue weighted by Gasteiger charge is -2.29. The summed E-state index contributed by atoms with van der Waals surface area (Å²) < 4.78 is 5.56. The lowest BCUT2D eigenvalue weighted by Crippen LogP contribution is -2.44. The topological polar surface area (TPSA) is 80.3 Å². The number of nitrogens with zero attached hydrogens (tertiary/aromatic N) is 1. The van der Waals surface area contributed by atoms with Gasteiger partial charge in [0.25, 0.3) is 0 Å². The number of esters is 1. The van der Waals surface area contributed by atoms with Crippen LogP contribution in [-0.4, -0.2) is 29.0 Å². The molecule has 0 radical (unpaired) electrons. The summed E-state index contributed by atoms with van der Waals surface area (Å²) in [6, 6.07) is 8.05. The summed E-state index contributed by atoms with van der Waals surface area (Å²) in [5, 5.41) is 7.34. The molecule has 1 aromatic carbocycles. The molecule has 0 bridgehead atoms. The Kier molecular flexibility index (Phi) is 5.68. The molecule has 0 unspecified atom stereocenters. The van der Waals surface area contributed by atoms with Crippen molar-refractivity contribution in [3.8, 4) is 0 Å². The predicted octanol–water partition coefficient (Wildman–Crippen LogP) is 2.92. The molecule has 0 atom stereocenters. The van der Waals surface area contributed by atoms with E-state index in [1.54, 1.807) is 11.3 Å². The highest BCUT2D eigenvalue weighted by Crippen LogP contribution is 2.40. The average molecular weight is 428 g/mol. The van der Waals surface area contributed by atoms with Gasteiger partial charge in [0, 0.05) is 24.4 Å². The van der Waals surface area contributed by atoms with Crippen LogP contribution in [0.25, 0.3) is 0 Å². The smallest absolute Gasteiger partial charge is 0.307 e. The zero-order valence-corrected chi connectivity index (χ0v) is 18.7. The largest absolute Gasteiger partial charge is 0.460 e. The third kappa shape index (κ3) is 4.57. The van der Waals surface area contributed by atoms with E-state index in [-0.39, 0.29) is 18.3 Å². The third-order valence-corrected chi connectivity index (χ3v) is 6.70. The van der Waals surface area contributed by atoms with Crippen molar-refractivity contribution in [2.75, 3.05) is 6.54 Å².